The predicted octanol–water partition coefficient (Wildman–Crippen LogP) is 2.75. The van der Waals surface area contributed by atoms with Crippen LogP contribution >= 0.6 is 15.9 Å². The average molecular weight is 388 g/mol. The first-order valence-corrected chi connectivity index (χ1v) is 7.93. The molecule has 0 unspecified atom stereocenters. The number of rotatable bonds is 5. The Labute approximate surface area is 146 Å². The maximum absolute atomic E-state index is 12.0. The van der Waals surface area contributed by atoms with Crippen LogP contribution in [-0.4, -0.2) is 32.7 Å². The molecule has 3 rings (SSSR count). The number of hydrogen-bond donors (Lipinski definition) is 1. The SMILES string of the molecule is Cc1ccc(NC(=O)COc2cccc(-n3cnnn3)c2)cc1Br. The summed E-state index contributed by atoms with van der Waals surface area (Å²) in [5.41, 5.74) is 2.56. The normalized spacial score (nSPS) is 10.4. The highest BCUT2D eigenvalue weighted by Gasteiger charge is 2.06. The average Bonchev–Trinajstić information content (AvgIpc) is 3.11. The third-order valence-electron chi connectivity index (χ3n) is 3.26. The lowest BCUT2D eigenvalue weighted by molar-refractivity contribution is -0.118. The van der Waals surface area contributed by atoms with E-state index < -0.39 is 0 Å². The molecule has 1 N–H and O–H groups in total. The summed E-state index contributed by atoms with van der Waals surface area (Å²) < 4.78 is 7.98. The summed E-state index contributed by atoms with van der Waals surface area (Å²) in [6.45, 7) is 1.89. The molecule has 1 amide bonds. The van der Waals surface area contributed by atoms with Crippen molar-refractivity contribution < 1.29 is 9.53 Å². The van der Waals surface area contributed by atoms with E-state index in [0.717, 1.165) is 15.7 Å². The number of aryl methyl sites for hydroxylation is 1. The van der Waals surface area contributed by atoms with Crippen LogP contribution in [-0.2, 0) is 4.79 Å². The minimum atomic E-state index is -0.237. The first-order valence-electron chi connectivity index (χ1n) is 7.14. The van der Waals surface area contributed by atoms with E-state index in [-0.39, 0.29) is 12.5 Å². The Morgan fingerprint density at radius 1 is 1.29 bits per heavy atom. The van der Waals surface area contributed by atoms with E-state index in [9.17, 15) is 4.79 Å². The maximum atomic E-state index is 12.0. The van der Waals surface area contributed by atoms with Crippen molar-refractivity contribution in [2.75, 3.05) is 11.9 Å². The number of anilines is 1. The van der Waals surface area contributed by atoms with Gasteiger partial charge in [-0.3, -0.25) is 4.79 Å². The van der Waals surface area contributed by atoms with Crippen molar-refractivity contribution in [1.29, 1.82) is 0 Å². The van der Waals surface area contributed by atoms with Crippen LogP contribution < -0.4 is 10.1 Å². The van der Waals surface area contributed by atoms with Gasteiger partial charge in [0.2, 0.25) is 0 Å². The van der Waals surface area contributed by atoms with E-state index >= 15 is 0 Å². The zero-order chi connectivity index (χ0) is 16.9. The minimum absolute atomic E-state index is 0.0927. The van der Waals surface area contributed by atoms with Crippen molar-refractivity contribution in [1.82, 2.24) is 20.2 Å². The number of halogens is 1. The van der Waals surface area contributed by atoms with Gasteiger partial charge in [0, 0.05) is 16.2 Å². The topological polar surface area (TPSA) is 81.9 Å². The number of nitrogens with one attached hydrogen (secondary N) is 1. The molecule has 24 heavy (non-hydrogen) atoms. The van der Waals surface area contributed by atoms with Crippen LogP contribution in [0.25, 0.3) is 5.69 Å². The Morgan fingerprint density at radius 3 is 2.92 bits per heavy atom. The van der Waals surface area contributed by atoms with E-state index in [1.165, 1.54) is 11.0 Å². The highest BCUT2D eigenvalue weighted by atomic mass is 79.9. The molecule has 0 aliphatic carbocycles. The molecule has 0 bridgehead atoms. The fraction of sp³-hybridized carbons (Fsp3) is 0.125. The molecule has 0 saturated carbocycles. The van der Waals surface area contributed by atoms with Gasteiger partial charge >= 0.3 is 0 Å². The lowest BCUT2D eigenvalue weighted by Gasteiger charge is -2.09. The highest BCUT2D eigenvalue weighted by Crippen LogP contribution is 2.20. The van der Waals surface area contributed by atoms with Crippen molar-refractivity contribution in [3.8, 4) is 11.4 Å². The summed E-state index contributed by atoms with van der Waals surface area (Å²) in [6.07, 6.45) is 1.49. The molecule has 0 spiro atoms. The number of carbonyl (C=O) groups is 1. The number of hydrogen-bond acceptors (Lipinski definition) is 5. The van der Waals surface area contributed by atoms with Gasteiger partial charge in [0.05, 0.1) is 5.69 Å². The fourth-order valence-corrected chi connectivity index (χ4v) is 2.39. The van der Waals surface area contributed by atoms with Crippen LogP contribution in [0, 0.1) is 6.92 Å². The van der Waals surface area contributed by atoms with Gasteiger partial charge in [-0.15, -0.1) is 5.10 Å². The van der Waals surface area contributed by atoms with E-state index in [1.54, 1.807) is 18.2 Å². The smallest absolute Gasteiger partial charge is 0.262 e. The molecule has 122 valence electrons. The Bertz CT molecular complexity index is 851. The monoisotopic (exact) mass is 387 g/mol. The van der Waals surface area contributed by atoms with Gasteiger partial charge in [0.15, 0.2) is 6.61 Å². The molecule has 8 heteroatoms. The molecule has 0 saturated heterocycles. The second-order valence-electron chi connectivity index (χ2n) is 5.05. The summed E-state index contributed by atoms with van der Waals surface area (Å²) in [7, 11) is 0. The van der Waals surface area contributed by atoms with Crippen LogP contribution in [0.2, 0.25) is 0 Å². The van der Waals surface area contributed by atoms with E-state index in [2.05, 4.69) is 36.8 Å². The molecule has 3 aromatic rings. The van der Waals surface area contributed by atoms with Crippen LogP contribution in [0.4, 0.5) is 5.69 Å². The van der Waals surface area contributed by atoms with Gasteiger partial charge < -0.3 is 10.1 Å². The molecule has 2 aromatic carbocycles. The predicted molar refractivity (Wildman–Crippen MR) is 92.2 cm³/mol. The molecule has 0 radical (unpaired) electrons. The van der Waals surface area contributed by atoms with Crippen LogP contribution in [0.5, 0.6) is 5.75 Å². The zero-order valence-corrected chi connectivity index (χ0v) is 14.4. The van der Waals surface area contributed by atoms with E-state index in [0.29, 0.717) is 11.4 Å². The van der Waals surface area contributed by atoms with Gasteiger partial charge in [0.25, 0.3) is 5.91 Å². The third-order valence-corrected chi connectivity index (χ3v) is 4.11. The first kappa shape index (κ1) is 16.1. The van der Waals surface area contributed by atoms with Crippen LogP contribution in [0.1, 0.15) is 5.56 Å². The molecule has 0 aliphatic rings. The van der Waals surface area contributed by atoms with Crippen molar-refractivity contribution in [3.05, 3.63) is 58.8 Å². The lowest BCUT2D eigenvalue weighted by Crippen LogP contribution is -2.20. The number of nitrogens with zero attached hydrogens (tertiary/aromatic N) is 4. The Hall–Kier alpha value is -2.74. The quantitative estimate of drug-likeness (QED) is 0.727. The van der Waals surface area contributed by atoms with Gasteiger partial charge in [-0.25, -0.2) is 4.68 Å². The van der Waals surface area contributed by atoms with E-state index in [4.69, 9.17) is 4.74 Å². The highest BCUT2D eigenvalue weighted by molar-refractivity contribution is 9.10. The lowest BCUT2D eigenvalue weighted by atomic mass is 10.2. The number of aromatic nitrogens is 4. The number of benzene rings is 2. The minimum Gasteiger partial charge on any atom is -0.484 e. The third kappa shape index (κ3) is 3.96. The maximum Gasteiger partial charge on any atom is 0.262 e. The van der Waals surface area contributed by atoms with Gasteiger partial charge in [-0.1, -0.05) is 28.1 Å². The molecule has 0 fully saturated rings. The van der Waals surface area contributed by atoms with Crippen LogP contribution in [0.3, 0.4) is 0 Å². The molecule has 0 atom stereocenters. The standard InChI is InChI=1S/C16H14BrN5O2/c1-11-5-6-12(7-15(11)17)19-16(23)9-24-14-4-2-3-13(8-14)22-10-18-20-21-22/h2-8,10H,9H2,1H3,(H,19,23). The molecule has 1 heterocycles. The Balaban J connectivity index is 1.60. The number of tetrazole rings is 1. The summed E-state index contributed by atoms with van der Waals surface area (Å²) >= 11 is 3.44. The van der Waals surface area contributed by atoms with Gasteiger partial charge in [-0.05, 0) is 47.2 Å². The molecule has 1 aromatic heterocycles. The summed E-state index contributed by atoms with van der Waals surface area (Å²) in [6, 6.07) is 12.8. The second-order valence-corrected chi connectivity index (χ2v) is 5.91. The second kappa shape index (κ2) is 7.22. The first-order chi connectivity index (χ1) is 11.6. The molecular weight excluding hydrogens is 374 g/mol. The van der Waals surface area contributed by atoms with Crippen LogP contribution in [0.15, 0.2) is 53.3 Å². The Morgan fingerprint density at radius 2 is 2.17 bits per heavy atom. The van der Waals surface area contributed by atoms with Gasteiger partial charge in [-0.2, -0.15) is 0 Å². The molecule has 0 aliphatic heterocycles. The van der Waals surface area contributed by atoms with E-state index in [1.807, 2.05) is 31.2 Å². The summed E-state index contributed by atoms with van der Waals surface area (Å²) in [4.78, 5) is 12.0. The number of amides is 1. The van der Waals surface area contributed by atoms with Crippen molar-refractivity contribution in [3.63, 3.8) is 0 Å². The molecular formula is C16H14BrN5O2. The van der Waals surface area contributed by atoms with Crippen molar-refractivity contribution in [2.45, 2.75) is 6.92 Å². The number of carbonyl (C=O) groups excluding carboxylic acids is 1. The van der Waals surface area contributed by atoms with Gasteiger partial charge in [0.1, 0.15) is 12.1 Å². The largest absolute Gasteiger partial charge is 0.484 e. The number of ether oxygens (including phenoxy) is 1. The van der Waals surface area contributed by atoms with Crippen molar-refractivity contribution in [2.24, 2.45) is 0 Å². The molecule has 7 nitrogen and oxygen atoms in total. The Kier molecular flexibility index (Phi) is 4.85. The zero-order valence-electron chi connectivity index (χ0n) is 12.8. The summed E-state index contributed by atoms with van der Waals surface area (Å²) in [5.74, 6) is 0.321. The summed E-state index contributed by atoms with van der Waals surface area (Å²) in [5, 5.41) is 13.8. The fourth-order valence-electron chi connectivity index (χ4n) is 2.01. The van der Waals surface area contributed by atoms with Crippen molar-refractivity contribution >= 4 is 27.5 Å².